The average Bonchev–Trinajstić information content (AvgIpc) is 3.40. The second-order valence-electron chi connectivity index (χ2n) is 8.77. The molecule has 1 aliphatic rings. The topological polar surface area (TPSA) is 81.1 Å². The van der Waals surface area contributed by atoms with Gasteiger partial charge in [-0.05, 0) is 41.3 Å². The predicted octanol–water partition coefficient (Wildman–Crippen LogP) is 5.48. The number of thiazole rings is 1. The highest BCUT2D eigenvalue weighted by Crippen LogP contribution is 2.32. The summed E-state index contributed by atoms with van der Waals surface area (Å²) in [5.41, 5.74) is 3.23. The Morgan fingerprint density at radius 3 is 2.53 bits per heavy atom. The van der Waals surface area contributed by atoms with Crippen LogP contribution in [-0.4, -0.2) is 29.9 Å². The number of cyclic esters (lactones) is 1. The molecule has 1 amide bonds. The molecule has 0 aliphatic carbocycles. The molecule has 4 rings (SSSR count). The van der Waals surface area contributed by atoms with E-state index in [1.165, 1.54) is 28.7 Å². The van der Waals surface area contributed by atoms with E-state index < -0.39 is 5.97 Å². The zero-order valence-corrected chi connectivity index (χ0v) is 20.5. The van der Waals surface area contributed by atoms with Crippen molar-refractivity contribution < 1.29 is 19.1 Å². The smallest absolute Gasteiger partial charge is 0.363 e. The Balaban J connectivity index is 1.60. The van der Waals surface area contributed by atoms with E-state index >= 15 is 0 Å². The van der Waals surface area contributed by atoms with Crippen molar-refractivity contribution in [1.29, 1.82) is 0 Å². The molecular formula is C26H25N3O4S. The lowest BCUT2D eigenvalue weighted by molar-refractivity contribution is -0.130. The number of aromatic nitrogens is 1. The molecule has 0 bridgehead atoms. The summed E-state index contributed by atoms with van der Waals surface area (Å²) in [6.07, 6.45) is 1.56. The minimum absolute atomic E-state index is 0.0265. The second-order valence-corrected chi connectivity index (χ2v) is 9.61. The fraction of sp³-hybridized carbons (Fsp3) is 0.231. The summed E-state index contributed by atoms with van der Waals surface area (Å²) in [6.45, 7) is 7.88. The number of anilines is 2. The van der Waals surface area contributed by atoms with Crippen molar-refractivity contribution in [2.75, 3.05) is 12.0 Å². The number of benzene rings is 2. The van der Waals surface area contributed by atoms with Crippen LogP contribution in [0.4, 0.5) is 10.8 Å². The molecule has 0 atom stereocenters. The van der Waals surface area contributed by atoms with Gasteiger partial charge in [-0.15, -0.1) is 11.3 Å². The highest BCUT2D eigenvalue weighted by atomic mass is 32.1. The fourth-order valence-corrected chi connectivity index (χ4v) is 4.25. The van der Waals surface area contributed by atoms with Crippen LogP contribution in [0.3, 0.4) is 0 Å². The summed E-state index contributed by atoms with van der Waals surface area (Å²) < 4.78 is 10.7. The lowest BCUT2D eigenvalue weighted by Gasteiger charge is -2.18. The van der Waals surface area contributed by atoms with Gasteiger partial charge in [-0.2, -0.15) is 0 Å². The van der Waals surface area contributed by atoms with Crippen LogP contribution in [0.2, 0.25) is 0 Å². The molecule has 0 saturated carbocycles. The molecule has 3 aromatic rings. The summed E-state index contributed by atoms with van der Waals surface area (Å²) in [4.78, 5) is 35.2. The molecule has 174 valence electrons. The summed E-state index contributed by atoms with van der Waals surface area (Å²) in [6, 6.07) is 15.0. The molecular weight excluding hydrogens is 450 g/mol. The van der Waals surface area contributed by atoms with Crippen LogP contribution >= 0.6 is 11.3 Å². The zero-order chi connectivity index (χ0) is 24.5. The van der Waals surface area contributed by atoms with Crippen LogP contribution < -0.4 is 9.64 Å². The Bertz CT molecular complexity index is 1300. The van der Waals surface area contributed by atoms with E-state index in [1.54, 1.807) is 42.8 Å². The van der Waals surface area contributed by atoms with Gasteiger partial charge in [0.25, 0.3) is 0 Å². The minimum atomic E-state index is -0.541. The van der Waals surface area contributed by atoms with Gasteiger partial charge in [0.05, 0.1) is 18.5 Å². The molecule has 0 saturated heterocycles. The molecule has 2 aromatic carbocycles. The quantitative estimate of drug-likeness (QED) is 0.361. The van der Waals surface area contributed by atoms with Crippen molar-refractivity contribution in [3.8, 4) is 5.75 Å². The van der Waals surface area contributed by atoms with Gasteiger partial charge in [0.2, 0.25) is 11.8 Å². The Morgan fingerprint density at radius 2 is 1.88 bits per heavy atom. The maximum absolute atomic E-state index is 12.4. The van der Waals surface area contributed by atoms with Crippen LogP contribution in [0.25, 0.3) is 6.08 Å². The van der Waals surface area contributed by atoms with Crippen molar-refractivity contribution in [3.05, 3.63) is 76.4 Å². The van der Waals surface area contributed by atoms with Gasteiger partial charge in [0.1, 0.15) is 5.75 Å². The van der Waals surface area contributed by atoms with Crippen LogP contribution in [0.1, 0.15) is 44.5 Å². The molecule has 8 heteroatoms. The SMILES string of the molecule is COc1cccc(N(C(C)=O)c2nc(/C=C3/N=C(c4ccc(C(C)(C)C)cc4)OC3=O)cs2)c1. The maximum Gasteiger partial charge on any atom is 0.363 e. The van der Waals surface area contributed by atoms with E-state index in [-0.39, 0.29) is 22.9 Å². The average molecular weight is 476 g/mol. The van der Waals surface area contributed by atoms with Crippen LogP contribution in [0.5, 0.6) is 5.75 Å². The largest absolute Gasteiger partial charge is 0.497 e. The Labute approximate surface area is 202 Å². The molecule has 2 heterocycles. The number of ether oxygens (including phenoxy) is 2. The standard InChI is InChI=1S/C26H25N3O4S/c1-16(30)29(20-7-6-8-21(14-20)32-5)25-27-19(15-34-25)13-22-24(31)33-23(28-22)17-9-11-18(12-10-17)26(2,3)4/h6-15H,1-5H3/b22-13+. The van der Waals surface area contributed by atoms with Gasteiger partial charge in [0.15, 0.2) is 10.8 Å². The van der Waals surface area contributed by atoms with Gasteiger partial charge in [-0.25, -0.2) is 14.8 Å². The number of esters is 1. The first kappa shape index (κ1) is 23.4. The van der Waals surface area contributed by atoms with Crippen molar-refractivity contribution >= 4 is 46.0 Å². The number of hydrogen-bond donors (Lipinski definition) is 0. The zero-order valence-electron chi connectivity index (χ0n) is 19.7. The highest BCUT2D eigenvalue weighted by molar-refractivity contribution is 7.14. The number of hydrogen-bond acceptors (Lipinski definition) is 7. The normalized spacial score (nSPS) is 14.7. The number of carbonyl (C=O) groups is 2. The number of nitrogens with zero attached hydrogens (tertiary/aromatic N) is 3. The third-order valence-corrected chi connectivity index (χ3v) is 6.07. The van der Waals surface area contributed by atoms with Gasteiger partial charge in [-0.3, -0.25) is 9.69 Å². The first-order valence-electron chi connectivity index (χ1n) is 10.7. The number of amides is 1. The molecule has 34 heavy (non-hydrogen) atoms. The Hall–Kier alpha value is -3.78. The van der Waals surface area contributed by atoms with Gasteiger partial charge in [-0.1, -0.05) is 39.0 Å². The summed E-state index contributed by atoms with van der Waals surface area (Å²) in [7, 11) is 1.57. The third-order valence-electron chi connectivity index (χ3n) is 5.23. The number of aliphatic imine (C=N–C) groups is 1. The Morgan fingerprint density at radius 1 is 1.15 bits per heavy atom. The van der Waals surface area contributed by atoms with Gasteiger partial charge < -0.3 is 9.47 Å². The van der Waals surface area contributed by atoms with E-state index in [1.807, 2.05) is 24.3 Å². The minimum Gasteiger partial charge on any atom is -0.497 e. The predicted molar refractivity (Wildman–Crippen MR) is 134 cm³/mol. The van der Waals surface area contributed by atoms with Crippen molar-refractivity contribution in [2.24, 2.45) is 4.99 Å². The highest BCUT2D eigenvalue weighted by Gasteiger charge is 2.25. The monoisotopic (exact) mass is 475 g/mol. The summed E-state index contributed by atoms with van der Waals surface area (Å²) in [5, 5.41) is 2.23. The molecule has 1 aliphatic heterocycles. The summed E-state index contributed by atoms with van der Waals surface area (Å²) in [5.74, 6) is 0.157. The lowest BCUT2D eigenvalue weighted by atomic mass is 9.87. The molecule has 7 nitrogen and oxygen atoms in total. The summed E-state index contributed by atoms with van der Waals surface area (Å²) >= 11 is 1.29. The fourth-order valence-electron chi connectivity index (χ4n) is 3.41. The molecule has 0 radical (unpaired) electrons. The second kappa shape index (κ2) is 9.23. The Kier molecular flexibility index (Phi) is 6.34. The molecule has 0 N–H and O–H groups in total. The molecule has 1 aromatic heterocycles. The first-order chi connectivity index (χ1) is 16.2. The van der Waals surface area contributed by atoms with Crippen LogP contribution in [0.15, 0.2) is 64.6 Å². The van der Waals surface area contributed by atoms with E-state index in [9.17, 15) is 9.59 Å². The lowest BCUT2D eigenvalue weighted by Crippen LogP contribution is -2.22. The van der Waals surface area contributed by atoms with Gasteiger partial charge >= 0.3 is 5.97 Å². The molecule has 0 fully saturated rings. The number of methoxy groups -OCH3 is 1. The van der Waals surface area contributed by atoms with Crippen LogP contribution in [-0.2, 0) is 19.7 Å². The molecule has 0 unspecified atom stereocenters. The van der Waals surface area contributed by atoms with Crippen LogP contribution in [0, 0.1) is 0 Å². The van der Waals surface area contributed by atoms with E-state index in [0.717, 1.165) is 5.56 Å². The van der Waals surface area contributed by atoms with E-state index in [4.69, 9.17) is 9.47 Å². The number of rotatable bonds is 5. The van der Waals surface area contributed by atoms with Crippen molar-refractivity contribution in [2.45, 2.75) is 33.1 Å². The van der Waals surface area contributed by atoms with E-state index in [0.29, 0.717) is 22.3 Å². The van der Waals surface area contributed by atoms with Crippen molar-refractivity contribution in [1.82, 2.24) is 4.98 Å². The number of carbonyl (C=O) groups excluding carboxylic acids is 2. The van der Waals surface area contributed by atoms with Gasteiger partial charge in [0, 0.05) is 23.9 Å². The third kappa shape index (κ3) is 4.92. The van der Waals surface area contributed by atoms with Crippen molar-refractivity contribution in [3.63, 3.8) is 0 Å². The maximum atomic E-state index is 12.4. The first-order valence-corrected chi connectivity index (χ1v) is 11.6. The van der Waals surface area contributed by atoms with E-state index in [2.05, 4.69) is 30.7 Å². The molecule has 0 spiro atoms.